The first-order valence-corrected chi connectivity index (χ1v) is 21.8. The Morgan fingerprint density at radius 3 is 1.49 bits per heavy atom. The molecule has 2 nitrogen and oxygen atoms in total. The third kappa shape index (κ3) is 5.19. The summed E-state index contributed by atoms with van der Waals surface area (Å²) in [7, 11) is 0. The highest BCUT2D eigenvalue weighted by atomic mass is 16.3. The number of nitrogens with zero attached hydrogens (tertiary/aromatic N) is 1. The van der Waals surface area contributed by atoms with Crippen molar-refractivity contribution in [2.75, 3.05) is 4.90 Å². The molecule has 1 aromatic heterocycles. The largest absolute Gasteiger partial charge is 0.456 e. The Morgan fingerprint density at radius 1 is 0.317 bits per heavy atom. The molecular formula is C61H39NO. The van der Waals surface area contributed by atoms with Crippen LogP contribution >= 0.6 is 0 Å². The summed E-state index contributed by atoms with van der Waals surface area (Å²) in [5.41, 5.74) is 22.0. The van der Waals surface area contributed by atoms with Crippen molar-refractivity contribution in [2.24, 2.45) is 0 Å². The molecular weight excluding hydrogens is 763 g/mol. The fourth-order valence-corrected chi connectivity index (χ4v) is 10.9. The van der Waals surface area contributed by atoms with Gasteiger partial charge in [0.2, 0.25) is 0 Å². The molecule has 10 aromatic carbocycles. The SMILES string of the molecule is c1ccc(-c2ccc(N(c3ccc4c(c3)C3(c5ccccc5-c5ccccc53)c3ccccc3-4)c3cccc(-c4cccc5oc6ccccc6c45)c3-c3ccccc3)cc2)cc1. The molecule has 0 saturated heterocycles. The van der Waals surface area contributed by atoms with E-state index in [0.29, 0.717) is 0 Å². The van der Waals surface area contributed by atoms with Gasteiger partial charge in [0.05, 0.1) is 11.1 Å². The average Bonchev–Trinajstić information content (AvgIpc) is 3.99. The van der Waals surface area contributed by atoms with E-state index < -0.39 is 5.41 Å². The van der Waals surface area contributed by atoms with Crippen LogP contribution in [0.2, 0.25) is 0 Å². The van der Waals surface area contributed by atoms with Crippen LogP contribution in [0.4, 0.5) is 17.1 Å². The Labute approximate surface area is 366 Å². The molecule has 0 aliphatic heterocycles. The lowest BCUT2D eigenvalue weighted by atomic mass is 9.70. The molecule has 2 heteroatoms. The Hall–Kier alpha value is -8.20. The number of anilines is 3. The van der Waals surface area contributed by atoms with E-state index in [9.17, 15) is 0 Å². The second kappa shape index (κ2) is 13.9. The lowest BCUT2D eigenvalue weighted by Gasteiger charge is -2.33. The number of hydrogen-bond acceptors (Lipinski definition) is 2. The van der Waals surface area contributed by atoms with Crippen molar-refractivity contribution in [3.05, 3.63) is 259 Å². The summed E-state index contributed by atoms with van der Waals surface area (Å²) in [6.45, 7) is 0. The van der Waals surface area contributed by atoms with Crippen LogP contribution in [-0.4, -0.2) is 0 Å². The Morgan fingerprint density at radius 2 is 0.810 bits per heavy atom. The molecule has 0 atom stereocenters. The first kappa shape index (κ1) is 35.5. The summed E-state index contributed by atoms with van der Waals surface area (Å²) >= 11 is 0. The van der Waals surface area contributed by atoms with E-state index in [1.54, 1.807) is 0 Å². The molecule has 0 radical (unpaired) electrons. The molecule has 1 heterocycles. The molecule has 0 bridgehead atoms. The molecule has 294 valence electrons. The molecule has 0 N–H and O–H groups in total. The zero-order valence-corrected chi connectivity index (χ0v) is 34.4. The lowest BCUT2D eigenvalue weighted by molar-refractivity contribution is 0.669. The number of para-hydroxylation sites is 1. The molecule has 2 aliphatic rings. The van der Waals surface area contributed by atoms with Gasteiger partial charge in [0, 0.05) is 27.7 Å². The minimum Gasteiger partial charge on any atom is -0.456 e. The number of benzene rings is 10. The van der Waals surface area contributed by atoms with E-state index in [1.165, 1.54) is 55.6 Å². The van der Waals surface area contributed by atoms with Crippen LogP contribution in [0, 0.1) is 0 Å². The van der Waals surface area contributed by atoms with Crippen molar-refractivity contribution in [3.8, 4) is 55.6 Å². The van der Waals surface area contributed by atoms with Gasteiger partial charge in [0.15, 0.2) is 0 Å². The first-order chi connectivity index (χ1) is 31.3. The second-order valence-electron chi connectivity index (χ2n) is 16.7. The molecule has 0 unspecified atom stereocenters. The predicted molar refractivity (Wildman–Crippen MR) is 261 cm³/mol. The van der Waals surface area contributed by atoms with E-state index >= 15 is 0 Å². The maximum absolute atomic E-state index is 6.48. The van der Waals surface area contributed by atoms with Crippen molar-refractivity contribution in [1.29, 1.82) is 0 Å². The maximum Gasteiger partial charge on any atom is 0.136 e. The summed E-state index contributed by atoms with van der Waals surface area (Å²) < 4.78 is 6.48. The number of rotatable bonds is 6. The topological polar surface area (TPSA) is 16.4 Å². The summed E-state index contributed by atoms with van der Waals surface area (Å²) in [5.74, 6) is 0. The van der Waals surface area contributed by atoms with Crippen molar-refractivity contribution >= 4 is 39.0 Å². The van der Waals surface area contributed by atoms with Gasteiger partial charge in [0.25, 0.3) is 0 Å². The quantitative estimate of drug-likeness (QED) is 0.167. The average molecular weight is 802 g/mol. The van der Waals surface area contributed by atoms with Crippen LogP contribution in [0.3, 0.4) is 0 Å². The Kier molecular flexibility index (Phi) is 7.85. The number of fused-ring (bicyclic) bond motifs is 13. The lowest BCUT2D eigenvalue weighted by Crippen LogP contribution is -2.26. The monoisotopic (exact) mass is 801 g/mol. The summed E-state index contributed by atoms with van der Waals surface area (Å²) in [6.07, 6.45) is 0. The molecule has 11 aromatic rings. The Balaban J connectivity index is 1.10. The summed E-state index contributed by atoms with van der Waals surface area (Å²) in [5, 5.41) is 2.23. The van der Waals surface area contributed by atoms with E-state index in [0.717, 1.165) is 61.3 Å². The minimum atomic E-state index is -0.472. The molecule has 1 spiro atoms. The van der Waals surface area contributed by atoms with Crippen molar-refractivity contribution in [3.63, 3.8) is 0 Å². The number of furan rings is 1. The van der Waals surface area contributed by atoms with Crippen LogP contribution in [-0.2, 0) is 5.41 Å². The predicted octanol–water partition coefficient (Wildman–Crippen LogP) is 16.4. The fourth-order valence-electron chi connectivity index (χ4n) is 10.9. The molecule has 2 aliphatic carbocycles. The highest BCUT2D eigenvalue weighted by Gasteiger charge is 2.51. The molecule has 13 rings (SSSR count). The van der Waals surface area contributed by atoms with Crippen molar-refractivity contribution in [2.45, 2.75) is 5.41 Å². The van der Waals surface area contributed by atoms with Crippen LogP contribution < -0.4 is 4.90 Å². The van der Waals surface area contributed by atoms with E-state index in [1.807, 2.05) is 6.07 Å². The van der Waals surface area contributed by atoms with Crippen LogP contribution in [0.25, 0.3) is 77.6 Å². The zero-order valence-electron chi connectivity index (χ0n) is 34.4. The third-order valence-corrected chi connectivity index (χ3v) is 13.5. The molecule has 0 saturated carbocycles. The third-order valence-electron chi connectivity index (χ3n) is 13.5. The van der Waals surface area contributed by atoms with Gasteiger partial charge in [-0.1, -0.05) is 194 Å². The normalized spacial score (nSPS) is 12.9. The van der Waals surface area contributed by atoms with E-state index in [-0.39, 0.29) is 0 Å². The first-order valence-electron chi connectivity index (χ1n) is 21.8. The highest BCUT2D eigenvalue weighted by molar-refractivity contribution is 6.14. The molecule has 63 heavy (non-hydrogen) atoms. The van der Waals surface area contributed by atoms with Gasteiger partial charge < -0.3 is 9.32 Å². The van der Waals surface area contributed by atoms with E-state index in [4.69, 9.17) is 4.42 Å². The smallest absolute Gasteiger partial charge is 0.136 e. The molecule has 0 fully saturated rings. The second-order valence-corrected chi connectivity index (χ2v) is 16.7. The van der Waals surface area contributed by atoms with Gasteiger partial charge in [-0.2, -0.15) is 0 Å². The van der Waals surface area contributed by atoms with E-state index in [2.05, 4.69) is 235 Å². The van der Waals surface area contributed by atoms with Gasteiger partial charge in [-0.3, -0.25) is 0 Å². The highest BCUT2D eigenvalue weighted by Crippen LogP contribution is 2.63. The van der Waals surface area contributed by atoms with Crippen LogP contribution in [0.15, 0.2) is 241 Å². The van der Waals surface area contributed by atoms with Gasteiger partial charge >= 0.3 is 0 Å². The summed E-state index contributed by atoms with van der Waals surface area (Å²) in [4.78, 5) is 2.48. The minimum absolute atomic E-state index is 0.472. The van der Waals surface area contributed by atoms with Gasteiger partial charge in [-0.05, 0) is 115 Å². The van der Waals surface area contributed by atoms with Crippen molar-refractivity contribution in [1.82, 2.24) is 0 Å². The van der Waals surface area contributed by atoms with Gasteiger partial charge in [-0.15, -0.1) is 0 Å². The zero-order chi connectivity index (χ0) is 41.5. The van der Waals surface area contributed by atoms with Crippen LogP contribution in [0.5, 0.6) is 0 Å². The fraction of sp³-hybridized carbons (Fsp3) is 0.0164. The van der Waals surface area contributed by atoms with Gasteiger partial charge in [-0.25, -0.2) is 0 Å². The van der Waals surface area contributed by atoms with Crippen molar-refractivity contribution < 1.29 is 4.42 Å². The standard InChI is InChI=1S/C61H39NO/c1-3-17-40(18-4-1)41-33-35-43(36-34-41)62(56-30-15-25-49(59(56)42-19-5-2-6-20-42)50-26-16-32-58-60(50)51-24-10-14-31-57(51)63-58)44-37-38-48-47-23-9-13-29-54(47)61(55(48)39-44)52-27-11-7-21-45(52)46-22-8-12-28-53(46)61/h1-39H. The number of hydrogen-bond donors (Lipinski definition) is 0. The maximum atomic E-state index is 6.48. The molecule has 0 amide bonds. The Bertz CT molecular complexity index is 3500. The van der Waals surface area contributed by atoms with Crippen LogP contribution in [0.1, 0.15) is 22.3 Å². The van der Waals surface area contributed by atoms with Gasteiger partial charge in [0.1, 0.15) is 11.2 Å². The summed E-state index contributed by atoms with van der Waals surface area (Å²) in [6, 6.07) is 86.6.